The molecule has 100 valence electrons. The highest BCUT2D eigenvalue weighted by molar-refractivity contribution is 5.26. The Hall–Kier alpha value is -1.55. The maximum absolute atomic E-state index is 13.2. The molecule has 0 bridgehead atoms. The molecule has 0 saturated carbocycles. The summed E-state index contributed by atoms with van der Waals surface area (Å²) >= 11 is 0. The van der Waals surface area contributed by atoms with Crippen molar-refractivity contribution in [3.63, 3.8) is 0 Å². The van der Waals surface area contributed by atoms with Crippen molar-refractivity contribution in [2.24, 2.45) is 0 Å². The molecule has 0 aromatic carbocycles. The molecule has 1 aliphatic rings. The molecule has 0 aliphatic carbocycles. The number of nitrogen functional groups attached to an aromatic ring is 1. The number of hydrogen-bond donors (Lipinski definition) is 4. The molecule has 18 heavy (non-hydrogen) atoms. The maximum atomic E-state index is 13.2. The molecule has 4 atom stereocenters. The van der Waals surface area contributed by atoms with Gasteiger partial charge < -0.3 is 25.8 Å². The molecule has 1 aromatic rings. The smallest absolute Gasteiger partial charge is 0.351 e. The Labute approximate surface area is 100 Å². The van der Waals surface area contributed by atoms with E-state index in [0.29, 0.717) is 4.57 Å². The van der Waals surface area contributed by atoms with E-state index in [4.69, 9.17) is 15.6 Å². The van der Waals surface area contributed by atoms with Crippen LogP contribution in [0.5, 0.6) is 0 Å². The number of halogens is 1. The molecule has 5 N–H and O–H groups in total. The summed E-state index contributed by atoms with van der Waals surface area (Å²) in [6.07, 6.45) is -4.52. The molecule has 0 radical (unpaired) electrons. The van der Waals surface area contributed by atoms with Gasteiger partial charge in [0.15, 0.2) is 17.9 Å². The Morgan fingerprint density at radius 1 is 1.50 bits per heavy atom. The van der Waals surface area contributed by atoms with Crippen LogP contribution in [0.3, 0.4) is 0 Å². The summed E-state index contributed by atoms with van der Waals surface area (Å²) in [5, 5.41) is 28.1. The highest BCUT2D eigenvalue weighted by atomic mass is 19.1. The minimum atomic E-state index is -1.48. The molecule has 0 amide bonds. The van der Waals surface area contributed by atoms with E-state index in [9.17, 15) is 19.4 Å². The predicted molar refractivity (Wildman–Crippen MR) is 55.9 cm³/mol. The summed E-state index contributed by atoms with van der Waals surface area (Å²) in [5.74, 6) is -1.52. The Balaban J connectivity index is 2.39. The normalized spacial score (nSPS) is 31.8. The summed E-state index contributed by atoms with van der Waals surface area (Å²) in [6.45, 7) is -0.547. The molecule has 2 heterocycles. The Kier molecular flexibility index (Phi) is 3.30. The fourth-order valence-electron chi connectivity index (χ4n) is 1.75. The average Bonchev–Trinajstić information content (AvgIpc) is 2.61. The van der Waals surface area contributed by atoms with Crippen molar-refractivity contribution < 1.29 is 24.4 Å². The minimum Gasteiger partial charge on any atom is -0.394 e. The van der Waals surface area contributed by atoms with E-state index >= 15 is 0 Å². The van der Waals surface area contributed by atoms with E-state index < -0.39 is 48.5 Å². The average molecular weight is 261 g/mol. The Morgan fingerprint density at radius 2 is 2.17 bits per heavy atom. The molecule has 0 spiro atoms. The number of nitrogens with two attached hydrogens (primary N) is 1. The summed E-state index contributed by atoms with van der Waals surface area (Å²) in [4.78, 5) is 14.7. The van der Waals surface area contributed by atoms with Gasteiger partial charge in [0.2, 0.25) is 0 Å². The Morgan fingerprint density at radius 3 is 2.72 bits per heavy atom. The third kappa shape index (κ3) is 1.97. The van der Waals surface area contributed by atoms with Gasteiger partial charge in [0, 0.05) is 0 Å². The zero-order valence-electron chi connectivity index (χ0n) is 9.10. The number of anilines is 1. The van der Waals surface area contributed by atoms with Crippen LogP contribution < -0.4 is 11.4 Å². The van der Waals surface area contributed by atoms with Gasteiger partial charge >= 0.3 is 5.69 Å². The molecular formula is C9H12FN3O5. The number of aliphatic hydroxyl groups excluding tert-OH is 3. The summed E-state index contributed by atoms with van der Waals surface area (Å²) < 4.78 is 19.0. The monoisotopic (exact) mass is 261 g/mol. The third-order valence-electron chi connectivity index (χ3n) is 2.73. The molecule has 9 heteroatoms. The SMILES string of the molecule is Nc1nc(=O)n([C@@H]2O[C@H](CO)[C@@H](O)[C@@H]2O)cc1F. The number of ether oxygens (including phenoxy) is 1. The van der Waals surface area contributed by atoms with Crippen molar-refractivity contribution in [1.82, 2.24) is 9.55 Å². The first-order valence-corrected chi connectivity index (χ1v) is 5.12. The van der Waals surface area contributed by atoms with E-state index in [2.05, 4.69) is 4.98 Å². The minimum absolute atomic E-state index is 0.547. The number of rotatable bonds is 2. The van der Waals surface area contributed by atoms with Crippen LogP contribution >= 0.6 is 0 Å². The van der Waals surface area contributed by atoms with Crippen LogP contribution in [0.4, 0.5) is 10.2 Å². The van der Waals surface area contributed by atoms with Gasteiger partial charge in [-0.05, 0) is 0 Å². The van der Waals surface area contributed by atoms with Gasteiger partial charge in [-0.2, -0.15) is 4.98 Å². The van der Waals surface area contributed by atoms with E-state index in [0.717, 1.165) is 6.20 Å². The van der Waals surface area contributed by atoms with E-state index in [1.165, 1.54) is 0 Å². The van der Waals surface area contributed by atoms with Gasteiger partial charge in [-0.15, -0.1) is 0 Å². The lowest BCUT2D eigenvalue weighted by atomic mass is 10.1. The molecule has 1 aliphatic heterocycles. The van der Waals surface area contributed by atoms with Gasteiger partial charge in [-0.1, -0.05) is 0 Å². The lowest BCUT2D eigenvalue weighted by molar-refractivity contribution is -0.0553. The van der Waals surface area contributed by atoms with E-state index in [-0.39, 0.29) is 0 Å². The highest BCUT2D eigenvalue weighted by Gasteiger charge is 2.43. The second-order valence-corrected chi connectivity index (χ2v) is 3.89. The van der Waals surface area contributed by atoms with Gasteiger partial charge in [-0.3, -0.25) is 4.57 Å². The van der Waals surface area contributed by atoms with Crippen LogP contribution in [0.25, 0.3) is 0 Å². The Bertz CT molecular complexity index is 507. The molecule has 1 fully saturated rings. The predicted octanol–water partition coefficient (Wildman–Crippen LogP) is -2.42. The van der Waals surface area contributed by atoms with Crippen LogP contribution in [-0.4, -0.2) is 49.8 Å². The lowest BCUT2D eigenvalue weighted by Gasteiger charge is -2.17. The second kappa shape index (κ2) is 4.61. The van der Waals surface area contributed by atoms with Gasteiger partial charge in [0.25, 0.3) is 0 Å². The first-order valence-electron chi connectivity index (χ1n) is 5.12. The van der Waals surface area contributed by atoms with Gasteiger partial charge in [-0.25, -0.2) is 9.18 Å². The zero-order valence-corrected chi connectivity index (χ0v) is 9.10. The summed E-state index contributed by atoms with van der Waals surface area (Å²) in [7, 11) is 0. The zero-order chi connectivity index (χ0) is 13.4. The summed E-state index contributed by atoms with van der Waals surface area (Å²) in [6, 6.07) is 0. The van der Waals surface area contributed by atoms with Crippen molar-refractivity contribution in [2.75, 3.05) is 12.3 Å². The van der Waals surface area contributed by atoms with E-state index in [1.807, 2.05) is 0 Å². The van der Waals surface area contributed by atoms with Crippen LogP contribution in [0.15, 0.2) is 11.0 Å². The summed E-state index contributed by atoms with van der Waals surface area (Å²) in [5.41, 5.74) is 4.18. The van der Waals surface area contributed by atoms with Crippen LogP contribution in [0.2, 0.25) is 0 Å². The van der Waals surface area contributed by atoms with E-state index in [1.54, 1.807) is 0 Å². The molecule has 8 nitrogen and oxygen atoms in total. The molecule has 0 unspecified atom stereocenters. The third-order valence-corrected chi connectivity index (χ3v) is 2.73. The fraction of sp³-hybridized carbons (Fsp3) is 0.556. The standard InChI is InChI=1S/C9H12FN3O5/c10-3-1-13(9(17)12-7(3)11)8-6(16)5(15)4(2-14)18-8/h1,4-6,8,14-16H,2H2,(H2,11,12,17)/t4-,5-,6+,8-/m1/s1. The number of hydrogen-bond acceptors (Lipinski definition) is 7. The van der Waals surface area contributed by atoms with Crippen molar-refractivity contribution in [2.45, 2.75) is 24.5 Å². The molecule has 1 saturated heterocycles. The first-order chi connectivity index (χ1) is 8.45. The van der Waals surface area contributed by atoms with Crippen LogP contribution in [0.1, 0.15) is 6.23 Å². The highest BCUT2D eigenvalue weighted by Crippen LogP contribution is 2.28. The number of aliphatic hydroxyl groups is 3. The number of nitrogens with zero attached hydrogens (tertiary/aromatic N) is 2. The van der Waals surface area contributed by atoms with Gasteiger partial charge in [0.1, 0.15) is 18.3 Å². The van der Waals surface area contributed by atoms with Crippen LogP contribution in [0, 0.1) is 5.82 Å². The van der Waals surface area contributed by atoms with Crippen molar-refractivity contribution in [3.05, 3.63) is 22.5 Å². The van der Waals surface area contributed by atoms with Crippen molar-refractivity contribution in [3.8, 4) is 0 Å². The lowest BCUT2D eigenvalue weighted by Crippen LogP contribution is -2.36. The quantitative estimate of drug-likeness (QED) is 0.465. The number of aromatic nitrogens is 2. The second-order valence-electron chi connectivity index (χ2n) is 3.89. The largest absolute Gasteiger partial charge is 0.394 e. The maximum Gasteiger partial charge on any atom is 0.351 e. The molecule has 1 aromatic heterocycles. The first kappa shape index (κ1) is 12.9. The van der Waals surface area contributed by atoms with Crippen molar-refractivity contribution in [1.29, 1.82) is 0 Å². The topological polar surface area (TPSA) is 131 Å². The fourth-order valence-corrected chi connectivity index (χ4v) is 1.75. The van der Waals surface area contributed by atoms with Gasteiger partial charge in [0.05, 0.1) is 12.8 Å². The molecule has 2 rings (SSSR count). The van der Waals surface area contributed by atoms with Crippen LogP contribution in [-0.2, 0) is 4.74 Å². The molecular weight excluding hydrogens is 249 g/mol. The van der Waals surface area contributed by atoms with Crippen molar-refractivity contribution >= 4 is 5.82 Å².